The van der Waals surface area contributed by atoms with Crippen LogP contribution in [0.1, 0.15) is 25.7 Å². The third-order valence-corrected chi connectivity index (χ3v) is 5.54. The largest absolute Gasteiger partial charge is 0.241 e. The molecule has 0 fully saturated rings. The third-order valence-electron chi connectivity index (χ3n) is 3.46. The smallest absolute Gasteiger partial charge is 0.211 e. The topological polar surface area (TPSA) is 46.2 Å². The first-order valence-electron chi connectivity index (χ1n) is 7.29. The number of benzene rings is 2. The van der Waals surface area contributed by atoms with Gasteiger partial charge in [0.2, 0.25) is 10.0 Å². The second kappa shape index (κ2) is 8.16. The molecule has 3 nitrogen and oxygen atoms in total. The molecule has 2 aromatic rings. The summed E-state index contributed by atoms with van der Waals surface area (Å²) in [5, 5.41) is 1.83. The summed E-state index contributed by atoms with van der Waals surface area (Å²) in [7, 11) is -3.56. The van der Waals surface area contributed by atoms with Crippen molar-refractivity contribution < 1.29 is 8.42 Å². The molecule has 6 heteroatoms. The second-order valence-electron chi connectivity index (χ2n) is 5.10. The fourth-order valence-electron chi connectivity index (χ4n) is 2.34. The number of rotatable bonds is 8. The predicted octanol–water partition coefficient (Wildman–Crippen LogP) is 4.57. The van der Waals surface area contributed by atoms with Crippen molar-refractivity contribution in [1.29, 1.82) is 0 Å². The molecule has 0 amide bonds. The van der Waals surface area contributed by atoms with E-state index in [-0.39, 0.29) is 4.90 Å². The van der Waals surface area contributed by atoms with Crippen molar-refractivity contribution >= 4 is 44.0 Å². The van der Waals surface area contributed by atoms with Crippen molar-refractivity contribution in [3.8, 4) is 0 Å². The van der Waals surface area contributed by atoms with Gasteiger partial charge in [0.15, 0.2) is 0 Å². The molecular weight excluding hydrogens is 341 g/mol. The van der Waals surface area contributed by atoms with Crippen molar-refractivity contribution in [1.82, 2.24) is 4.72 Å². The Morgan fingerprint density at radius 1 is 0.955 bits per heavy atom. The van der Waals surface area contributed by atoms with Gasteiger partial charge in [0.1, 0.15) is 0 Å². The summed E-state index contributed by atoms with van der Waals surface area (Å²) >= 11 is 11.8. The van der Waals surface area contributed by atoms with E-state index in [9.17, 15) is 8.42 Å². The zero-order chi connectivity index (χ0) is 16.0. The summed E-state index contributed by atoms with van der Waals surface area (Å²) in [4.78, 5) is 0.233. The van der Waals surface area contributed by atoms with Gasteiger partial charge in [0.25, 0.3) is 0 Å². The maximum absolute atomic E-state index is 12.5. The minimum absolute atomic E-state index is 0.233. The van der Waals surface area contributed by atoms with Crippen LogP contribution in [0.25, 0.3) is 10.8 Å². The molecule has 0 spiro atoms. The molecular formula is C16H19Cl2NO2S. The van der Waals surface area contributed by atoms with Crippen molar-refractivity contribution in [3.63, 3.8) is 0 Å². The zero-order valence-corrected chi connectivity index (χ0v) is 14.5. The lowest BCUT2D eigenvalue weighted by Crippen LogP contribution is -2.25. The van der Waals surface area contributed by atoms with E-state index >= 15 is 0 Å². The van der Waals surface area contributed by atoms with Gasteiger partial charge in [-0.1, -0.05) is 48.7 Å². The molecule has 0 atom stereocenters. The summed E-state index contributed by atoms with van der Waals surface area (Å²) in [5.41, 5.74) is 0. The van der Waals surface area contributed by atoms with Crippen LogP contribution in [-0.4, -0.2) is 20.8 Å². The number of fused-ring (bicyclic) bond motifs is 1. The maximum Gasteiger partial charge on any atom is 0.241 e. The van der Waals surface area contributed by atoms with E-state index in [1.54, 1.807) is 18.2 Å². The summed E-state index contributed by atoms with van der Waals surface area (Å²) in [6, 6.07) is 10.5. The molecule has 0 aliphatic rings. The molecule has 0 aliphatic heterocycles. The number of hydrogen-bond donors (Lipinski definition) is 1. The van der Waals surface area contributed by atoms with Gasteiger partial charge in [-0.2, -0.15) is 0 Å². The Morgan fingerprint density at radius 2 is 1.64 bits per heavy atom. The van der Waals surface area contributed by atoms with Crippen molar-refractivity contribution in [2.45, 2.75) is 30.6 Å². The van der Waals surface area contributed by atoms with Crippen LogP contribution in [0.15, 0.2) is 41.3 Å². The zero-order valence-electron chi connectivity index (χ0n) is 12.2. The molecule has 0 unspecified atom stereocenters. The van der Waals surface area contributed by atoms with Crippen LogP contribution in [-0.2, 0) is 10.0 Å². The highest BCUT2D eigenvalue weighted by Crippen LogP contribution is 2.29. The molecule has 0 aliphatic carbocycles. The van der Waals surface area contributed by atoms with Gasteiger partial charge in [-0.3, -0.25) is 0 Å². The number of hydrogen-bond acceptors (Lipinski definition) is 2. The number of nitrogens with one attached hydrogen (secondary N) is 1. The van der Waals surface area contributed by atoms with Gasteiger partial charge in [0, 0.05) is 22.8 Å². The molecule has 0 saturated carbocycles. The Hall–Kier alpha value is -0.810. The summed E-state index contributed by atoms with van der Waals surface area (Å²) in [5.74, 6) is 0.653. The van der Waals surface area contributed by atoms with Crippen LogP contribution in [0.5, 0.6) is 0 Å². The van der Waals surface area contributed by atoms with Crippen molar-refractivity contribution in [3.05, 3.63) is 41.4 Å². The highest BCUT2D eigenvalue weighted by atomic mass is 35.5. The summed E-state index contributed by atoms with van der Waals surface area (Å²) < 4.78 is 27.6. The molecule has 22 heavy (non-hydrogen) atoms. The first-order valence-corrected chi connectivity index (χ1v) is 9.69. The fraction of sp³-hybridized carbons (Fsp3) is 0.375. The molecule has 120 valence electrons. The lowest BCUT2D eigenvalue weighted by atomic mass is 10.1. The molecule has 0 radical (unpaired) electrons. The van der Waals surface area contributed by atoms with E-state index in [4.69, 9.17) is 23.2 Å². The average Bonchev–Trinajstić information content (AvgIpc) is 2.50. The van der Waals surface area contributed by atoms with Crippen LogP contribution in [0, 0.1) is 0 Å². The van der Waals surface area contributed by atoms with E-state index in [1.807, 2.05) is 18.2 Å². The third kappa shape index (κ3) is 4.35. The Balaban J connectivity index is 2.13. The molecule has 0 bridgehead atoms. The summed E-state index contributed by atoms with van der Waals surface area (Å²) in [6.45, 7) is 0.422. The first kappa shape index (κ1) is 17.5. The average molecular weight is 360 g/mol. The Kier molecular flexibility index (Phi) is 6.50. The predicted molar refractivity (Wildman–Crippen MR) is 93.3 cm³/mol. The molecule has 2 rings (SSSR count). The minimum atomic E-state index is -3.56. The molecule has 0 saturated heterocycles. The Morgan fingerprint density at radius 3 is 2.36 bits per heavy atom. The van der Waals surface area contributed by atoms with Crippen molar-refractivity contribution in [2.75, 3.05) is 12.4 Å². The van der Waals surface area contributed by atoms with Crippen LogP contribution in [0.2, 0.25) is 5.02 Å². The van der Waals surface area contributed by atoms with E-state index < -0.39 is 10.0 Å². The van der Waals surface area contributed by atoms with Crippen LogP contribution < -0.4 is 4.72 Å². The normalized spacial score (nSPS) is 11.9. The second-order valence-corrected chi connectivity index (χ2v) is 7.62. The molecule has 0 heterocycles. The van der Waals surface area contributed by atoms with Gasteiger partial charge < -0.3 is 0 Å². The first-order chi connectivity index (χ1) is 10.6. The van der Waals surface area contributed by atoms with Crippen LogP contribution in [0.4, 0.5) is 0 Å². The van der Waals surface area contributed by atoms with E-state index in [2.05, 4.69) is 4.72 Å². The molecule has 2 aromatic carbocycles. The van der Waals surface area contributed by atoms with Gasteiger partial charge in [-0.15, -0.1) is 11.6 Å². The fourth-order valence-corrected chi connectivity index (χ4v) is 4.19. The van der Waals surface area contributed by atoms with Crippen LogP contribution >= 0.6 is 23.2 Å². The van der Waals surface area contributed by atoms with E-state index in [0.717, 1.165) is 31.1 Å². The molecule has 1 N–H and O–H groups in total. The van der Waals surface area contributed by atoms with E-state index in [0.29, 0.717) is 22.8 Å². The van der Waals surface area contributed by atoms with Gasteiger partial charge >= 0.3 is 0 Å². The monoisotopic (exact) mass is 359 g/mol. The lowest BCUT2D eigenvalue weighted by Gasteiger charge is -2.10. The standard InChI is InChI=1S/C16H19Cl2NO2S/c17-11-3-1-2-4-12-19-22(20,21)15-10-6-8-13-7-5-9-14(18)16(13)15/h5-10,19H,1-4,11-12H2. The van der Waals surface area contributed by atoms with Gasteiger partial charge in [0.05, 0.1) is 4.90 Å². The minimum Gasteiger partial charge on any atom is -0.211 e. The number of alkyl halides is 1. The number of sulfonamides is 1. The van der Waals surface area contributed by atoms with Crippen molar-refractivity contribution in [2.24, 2.45) is 0 Å². The highest BCUT2D eigenvalue weighted by Gasteiger charge is 2.18. The number of halogens is 2. The van der Waals surface area contributed by atoms with E-state index in [1.165, 1.54) is 0 Å². The van der Waals surface area contributed by atoms with Gasteiger partial charge in [-0.05, 0) is 30.4 Å². The Labute approximate surface area is 141 Å². The quantitative estimate of drug-likeness (QED) is 0.554. The SMILES string of the molecule is O=S(=O)(NCCCCCCCl)c1cccc2cccc(Cl)c12. The van der Waals surface area contributed by atoms with Gasteiger partial charge in [-0.25, -0.2) is 13.1 Å². The van der Waals surface area contributed by atoms with Crippen LogP contribution in [0.3, 0.4) is 0 Å². The lowest BCUT2D eigenvalue weighted by molar-refractivity contribution is 0.574. The highest BCUT2D eigenvalue weighted by molar-refractivity contribution is 7.89. The molecule has 0 aromatic heterocycles. The number of unbranched alkanes of at least 4 members (excludes halogenated alkanes) is 3. The summed E-state index contributed by atoms with van der Waals surface area (Å²) in [6.07, 6.45) is 3.75. The Bertz CT molecular complexity index is 727. The maximum atomic E-state index is 12.5.